The number of carboxylic acid groups (broad SMARTS) is 2. The summed E-state index contributed by atoms with van der Waals surface area (Å²) in [6.07, 6.45) is -0.317. The molecule has 1 aromatic rings. The summed E-state index contributed by atoms with van der Waals surface area (Å²) in [5.74, 6) is -4.52. The highest BCUT2D eigenvalue weighted by molar-refractivity contribution is 6.44. The Labute approximate surface area is 112 Å². The molecule has 0 saturated heterocycles. The second kappa shape index (κ2) is 5.58. The highest BCUT2D eigenvalue weighted by atomic mass is 35.5. The SMILES string of the molecule is O=C(O)C(Cc1c(Cl)ccc(Cl)c1Cl)C(=O)O. The molecule has 0 unspecified atom stereocenters. The number of hydrogen-bond acceptors (Lipinski definition) is 2. The fourth-order valence-electron chi connectivity index (χ4n) is 1.24. The summed E-state index contributed by atoms with van der Waals surface area (Å²) in [7, 11) is 0. The fourth-order valence-corrected chi connectivity index (χ4v) is 1.94. The number of aliphatic carboxylic acids is 2. The zero-order valence-electron chi connectivity index (χ0n) is 8.28. The van der Waals surface area contributed by atoms with Gasteiger partial charge < -0.3 is 10.2 Å². The molecule has 2 N–H and O–H groups in total. The van der Waals surface area contributed by atoms with E-state index in [4.69, 9.17) is 45.0 Å². The van der Waals surface area contributed by atoms with Crippen molar-refractivity contribution in [3.05, 3.63) is 32.8 Å². The second-order valence-corrected chi connectivity index (χ2v) is 4.45. The molecule has 0 atom stereocenters. The Bertz CT molecular complexity index is 459. The molecule has 0 aliphatic carbocycles. The molecule has 0 amide bonds. The minimum absolute atomic E-state index is 0.0756. The predicted octanol–water partition coefficient (Wildman–Crippen LogP) is 2.97. The molecule has 0 aliphatic heterocycles. The minimum Gasteiger partial charge on any atom is -0.481 e. The van der Waals surface area contributed by atoms with Crippen LogP contribution in [0, 0.1) is 5.92 Å². The van der Waals surface area contributed by atoms with Crippen LogP contribution < -0.4 is 0 Å². The molecule has 0 saturated carbocycles. The van der Waals surface area contributed by atoms with Crippen molar-refractivity contribution in [1.29, 1.82) is 0 Å². The van der Waals surface area contributed by atoms with Crippen LogP contribution in [0.1, 0.15) is 5.56 Å². The molecule has 0 heterocycles. The molecule has 0 bridgehead atoms. The van der Waals surface area contributed by atoms with Gasteiger partial charge in [-0.25, -0.2) is 0 Å². The largest absolute Gasteiger partial charge is 0.481 e. The van der Waals surface area contributed by atoms with Crippen LogP contribution in [0.2, 0.25) is 15.1 Å². The third-order valence-electron chi connectivity index (χ3n) is 2.14. The first-order valence-electron chi connectivity index (χ1n) is 4.42. The van der Waals surface area contributed by atoms with E-state index in [0.29, 0.717) is 0 Å². The van der Waals surface area contributed by atoms with E-state index >= 15 is 0 Å². The van der Waals surface area contributed by atoms with Gasteiger partial charge in [-0.3, -0.25) is 9.59 Å². The van der Waals surface area contributed by atoms with Gasteiger partial charge in [0, 0.05) is 5.02 Å². The molecular weight excluding hydrogens is 290 g/mol. The highest BCUT2D eigenvalue weighted by Crippen LogP contribution is 2.33. The first-order valence-corrected chi connectivity index (χ1v) is 5.56. The maximum Gasteiger partial charge on any atom is 0.318 e. The van der Waals surface area contributed by atoms with Gasteiger partial charge >= 0.3 is 11.9 Å². The van der Waals surface area contributed by atoms with Crippen molar-refractivity contribution in [2.24, 2.45) is 5.92 Å². The van der Waals surface area contributed by atoms with Crippen LogP contribution in [-0.2, 0) is 16.0 Å². The van der Waals surface area contributed by atoms with E-state index in [1.807, 2.05) is 0 Å². The van der Waals surface area contributed by atoms with Crippen molar-refractivity contribution in [2.45, 2.75) is 6.42 Å². The van der Waals surface area contributed by atoms with E-state index < -0.39 is 17.9 Å². The summed E-state index contributed by atoms with van der Waals surface area (Å²) in [5.41, 5.74) is 0.218. The molecule has 17 heavy (non-hydrogen) atoms. The van der Waals surface area contributed by atoms with E-state index in [2.05, 4.69) is 0 Å². The summed E-state index contributed by atoms with van der Waals surface area (Å²) in [6, 6.07) is 2.89. The summed E-state index contributed by atoms with van der Waals surface area (Å²) < 4.78 is 0. The van der Waals surface area contributed by atoms with Crippen molar-refractivity contribution in [3.8, 4) is 0 Å². The summed E-state index contributed by atoms with van der Waals surface area (Å²) in [4.78, 5) is 21.5. The van der Waals surface area contributed by atoms with Crippen LogP contribution in [0.4, 0.5) is 0 Å². The summed E-state index contributed by atoms with van der Waals surface area (Å²) in [6.45, 7) is 0. The molecule has 4 nitrogen and oxygen atoms in total. The maximum absolute atomic E-state index is 10.8. The summed E-state index contributed by atoms with van der Waals surface area (Å²) in [5, 5.41) is 18.0. The van der Waals surface area contributed by atoms with Crippen molar-refractivity contribution < 1.29 is 19.8 Å². The fraction of sp³-hybridized carbons (Fsp3) is 0.200. The Kier molecular flexibility index (Phi) is 4.62. The normalized spacial score (nSPS) is 10.6. The molecule has 1 rings (SSSR count). The van der Waals surface area contributed by atoms with Gasteiger partial charge in [0.25, 0.3) is 0 Å². The molecule has 0 aliphatic rings. The van der Waals surface area contributed by atoms with Gasteiger partial charge in [0.15, 0.2) is 5.92 Å². The second-order valence-electron chi connectivity index (χ2n) is 3.25. The van der Waals surface area contributed by atoms with E-state index in [1.54, 1.807) is 0 Å². The number of hydrogen-bond donors (Lipinski definition) is 2. The zero-order chi connectivity index (χ0) is 13.2. The van der Waals surface area contributed by atoms with E-state index in [1.165, 1.54) is 12.1 Å². The van der Waals surface area contributed by atoms with Gasteiger partial charge in [-0.05, 0) is 24.1 Å². The average Bonchev–Trinajstić information content (AvgIpc) is 2.23. The van der Waals surface area contributed by atoms with Crippen LogP contribution in [0.25, 0.3) is 0 Å². The lowest BCUT2D eigenvalue weighted by Gasteiger charge is -2.11. The van der Waals surface area contributed by atoms with Gasteiger partial charge in [-0.1, -0.05) is 34.8 Å². The molecule has 0 aromatic heterocycles. The standard InChI is InChI=1S/C10H7Cl3O4/c11-6-1-2-7(12)8(13)4(6)3-5(9(14)15)10(16)17/h1-2,5H,3H2,(H,14,15)(H,16,17). The van der Waals surface area contributed by atoms with Gasteiger partial charge in [-0.15, -0.1) is 0 Å². The minimum atomic E-state index is -1.61. The van der Waals surface area contributed by atoms with E-state index in [9.17, 15) is 9.59 Å². The third kappa shape index (κ3) is 3.25. The Morgan fingerprint density at radius 3 is 2.00 bits per heavy atom. The number of halogens is 3. The number of carbonyl (C=O) groups is 2. The monoisotopic (exact) mass is 296 g/mol. The predicted molar refractivity (Wildman–Crippen MR) is 63.9 cm³/mol. The quantitative estimate of drug-likeness (QED) is 0.662. The molecule has 0 fully saturated rings. The smallest absolute Gasteiger partial charge is 0.318 e. The van der Waals surface area contributed by atoms with E-state index in [0.717, 1.165) is 0 Å². The third-order valence-corrected chi connectivity index (χ3v) is 3.34. The van der Waals surface area contributed by atoms with Crippen LogP contribution >= 0.6 is 34.8 Å². The molecule has 0 spiro atoms. The number of benzene rings is 1. The molecule has 1 aromatic carbocycles. The van der Waals surface area contributed by atoms with Crippen molar-refractivity contribution in [1.82, 2.24) is 0 Å². The van der Waals surface area contributed by atoms with Crippen molar-refractivity contribution >= 4 is 46.7 Å². The molecule has 92 valence electrons. The van der Waals surface area contributed by atoms with Crippen LogP contribution in [0.3, 0.4) is 0 Å². The Hall–Kier alpha value is -0.970. The van der Waals surface area contributed by atoms with Crippen molar-refractivity contribution in [3.63, 3.8) is 0 Å². The average molecular weight is 298 g/mol. The highest BCUT2D eigenvalue weighted by Gasteiger charge is 2.28. The maximum atomic E-state index is 10.8. The molecule has 7 heteroatoms. The Morgan fingerprint density at radius 1 is 1.06 bits per heavy atom. The zero-order valence-corrected chi connectivity index (χ0v) is 10.6. The van der Waals surface area contributed by atoms with Crippen LogP contribution in [0.5, 0.6) is 0 Å². The summed E-state index contributed by atoms with van der Waals surface area (Å²) >= 11 is 17.4. The molecular formula is C10H7Cl3O4. The number of carboxylic acids is 2. The van der Waals surface area contributed by atoms with Crippen LogP contribution in [-0.4, -0.2) is 22.2 Å². The lowest BCUT2D eigenvalue weighted by molar-refractivity contribution is -0.154. The topological polar surface area (TPSA) is 74.6 Å². The van der Waals surface area contributed by atoms with Gasteiger partial charge in [-0.2, -0.15) is 0 Å². The number of rotatable bonds is 4. The van der Waals surface area contributed by atoms with Gasteiger partial charge in [0.05, 0.1) is 10.0 Å². The first kappa shape index (κ1) is 14.1. The Morgan fingerprint density at radius 2 is 1.53 bits per heavy atom. The Balaban J connectivity index is 3.13. The first-order chi connectivity index (χ1) is 7.84. The lowest BCUT2D eigenvalue weighted by atomic mass is 9.99. The lowest BCUT2D eigenvalue weighted by Crippen LogP contribution is -2.25. The van der Waals surface area contributed by atoms with Gasteiger partial charge in [0.2, 0.25) is 0 Å². The van der Waals surface area contributed by atoms with E-state index in [-0.39, 0.29) is 27.1 Å². The van der Waals surface area contributed by atoms with Crippen molar-refractivity contribution in [2.75, 3.05) is 0 Å². The molecule has 0 radical (unpaired) electrons. The van der Waals surface area contributed by atoms with Crippen LogP contribution in [0.15, 0.2) is 12.1 Å². The van der Waals surface area contributed by atoms with Gasteiger partial charge in [0.1, 0.15) is 0 Å².